The summed E-state index contributed by atoms with van der Waals surface area (Å²) in [6.07, 6.45) is 1.28. The van der Waals surface area contributed by atoms with Crippen LogP contribution in [0, 0.1) is 0 Å². The standard InChI is InChI=1S/C10H15BrN2O2S2/c1-17(14,15)13-6-4-12(5-7-13)8-9-2-3-10(11)16-9/h2-3H,4-8H2,1H3. The van der Waals surface area contributed by atoms with E-state index in [1.54, 1.807) is 15.6 Å². The maximum atomic E-state index is 11.4. The van der Waals surface area contributed by atoms with Crippen molar-refractivity contribution >= 4 is 37.3 Å². The molecule has 17 heavy (non-hydrogen) atoms. The molecular formula is C10H15BrN2O2S2. The van der Waals surface area contributed by atoms with Crippen molar-refractivity contribution < 1.29 is 8.42 Å². The number of sulfonamides is 1. The lowest BCUT2D eigenvalue weighted by Gasteiger charge is -2.32. The van der Waals surface area contributed by atoms with E-state index in [2.05, 4.69) is 26.9 Å². The summed E-state index contributed by atoms with van der Waals surface area (Å²) in [6.45, 7) is 3.73. The molecule has 1 aromatic rings. The SMILES string of the molecule is CS(=O)(=O)N1CCN(Cc2ccc(Br)s2)CC1. The van der Waals surface area contributed by atoms with Crippen LogP contribution in [0.4, 0.5) is 0 Å². The van der Waals surface area contributed by atoms with Gasteiger partial charge in [-0.2, -0.15) is 4.31 Å². The first kappa shape index (κ1) is 13.5. The molecule has 0 atom stereocenters. The van der Waals surface area contributed by atoms with Crippen molar-refractivity contribution in [2.45, 2.75) is 6.54 Å². The van der Waals surface area contributed by atoms with Gasteiger partial charge in [0.1, 0.15) is 0 Å². The molecule has 1 aliphatic heterocycles. The summed E-state index contributed by atoms with van der Waals surface area (Å²) >= 11 is 5.18. The van der Waals surface area contributed by atoms with Crippen LogP contribution in [0.3, 0.4) is 0 Å². The fraction of sp³-hybridized carbons (Fsp3) is 0.600. The predicted octanol–water partition coefficient (Wildman–Crippen LogP) is 1.59. The molecule has 2 heterocycles. The van der Waals surface area contributed by atoms with Crippen LogP contribution in [0.1, 0.15) is 4.88 Å². The van der Waals surface area contributed by atoms with E-state index in [1.807, 2.05) is 6.07 Å². The van der Waals surface area contributed by atoms with Gasteiger partial charge >= 0.3 is 0 Å². The minimum atomic E-state index is -3.02. The highest BCUT2D eigenvalue weighted by atomic mass is 79.9. The van der Waals surface area contributed by atoms with Crippen LogP contribution in [0.2, 0.25) is 0 Å². The second-order valence-electron chi connectivity index (χ2n) is 4.14. The smallest absolute Gasteiger partial charge is 0.211 e. The first-order valence-corrected chi connectivity index (χ1v) is 8.82. The largest absolute Gasteiger partial charge is 0.296 e. The summed E-state index contributed by atoms with van der Waals surface area (Å²) < 4.78 is 25.4. The van der Waals surface area contributed by atoms with Gasteiger partial charge < -0.3 is 0 Å². The molecule has 1 saturated heterocycles. The maximum absolute atomic E-state index is 11.4. The van der Waals surface area contributed by atoms with E-state index in [-0.39, 0.29) is 0 Å². The molecule has 7 heteroatoms. The second-order valence-corrected chi connectivity index (χ2v) is 8.67. The van der Waals surface area contributed by atoms with Gasteiger partial charge in [-0.3, -0.25) is 4.90 Å². The zero-order chi connectivity index (χ0) is 12.5. The summed E-state index contributed by atoms with van der Waals surface area (Å²) in [5, 5.41) is 0. The number of halogens is 1. The molecule has 1 fully saturated rings. The molecule has 0 spiro atoms. The third-order valence-corrected chi connectivity index (χ3v) is 5.72. The average Bonchev–Trinajstić information content (AvgIpc) is 2.63. The molecule has 0 saturated carbocycles. The molecule has 0 bridgehead atoms. The highest BCUT2D eigenvalue weighted by molar-refractivity contribution is 9.11. The van der Waals surface area contributed by atoms with Crippen molar-refractivity contribution in [1.29, 1.82) is 0 Å². The average molecular weight is 339 g/mol. The normalized spacial score (nSPS) is 19.6. The fourth-order valence-corrected chi connectivity index (χ4v) is 4.23. The first-order valence-electron chi connectivity index (χ1n) is 5.37. The van der Waals surface area contributed by atoms with Crippen LogP contribution in [0.5, 0.6) is 0 Å². The zero-order valence-corrected chi connectivity index (χ0v) is 12.8. The van der Waals surface area contributed by atoms with E-state index >= 15 is 0 Å². The number of piperazine rings is 1. The monoisotopic (exact) mass is 338 g/mol. The molecular weight excluding hydrogens is 324 g/mol. The van der Waals surface area contributed by atoms with E-state index < -0.39 is 10.0 Å². The molecule has 4 nitrogen and oxygen atoms in total. The second kappa shape index (κ2) is 5.36. The van der Waals surface area contributed by atoms with E-state index in [4.69, 9.17) is 0 Å². The third-order valence-electron chi connectivity index (χ3n) is 2.81. The van der Waals surface area contributed by atoms with Crippen LogP contribution in [-0.4, -0.2) is 50.1 Å². The highest BCUT2D eigenvalue weighted by Gasteiger charge is 2.23. The number of nitrogens with zero attached hydrogens (tertiary/aromatic N) is 2. The molecule has 0 unspecified atom stereocenters. The van der Waals surface area contributed by atoms with Crippen molar-refractivity contribution in [3.05, 3.63) is 20.8 Å². The Bertz CT molecular complexity index is 478. The van der Waals surface area contributed by atoms with Gasteiger partial charge in [-0.15, -0.1) is 11.3 Å². The van der Waals surface area contributed by atoms with E-state index in [9.17, 15) is 8.42 Å². The Morgan fingerprint density at radius 1 is 1.29 bits per heavy atom. The van der Waals surface area contributed by atoms with Crippen molar-refractivity contribution in [2.24, 2.45) is 0 Å². The van der Waals surface area contributed by atoms with Crippen LogP contribution in [-0.2, 0) is 16.6 Å². The van der Waals surface area contributed by atoms with Gasteiger partial charge in [0.15, 0.2) is 0 Å². The molecule has 0 N–H and O–H groups in total. The molecule has 0 aliphatic carbocycles. The van der Waals surface area contributed by atoms with Crippen LogP contribution in [0.25, 0.3) is 0 Å². The van der Waals surface area contributed by atoms with E-state index in [1.165, 1.54) is 11.1 Å². The van der Waals surface area contributed by atoms with Gasteiger partial charge in [0.05, 0.1) is 10.0 Å². The zero-order valence-electron chi connectivity index (χ0n) is 9.60. The Hall–Kier alpha value is 0.0500. The van der Waals surface area contributed by atoms with Crippen LogP contribution in [0.15, 0.2) is 15.9 Å². The topological polar surface area (TPSA) is 40.6 Å². The summed E-state index contributed by atoms with van der Waals surface area (Å²) in [5.41, 5.74) is 0. The van der Waals surface area contributed by atoms with Gasteiger partial charge in [-0.05, 0) is 28.1 Å². The molecule has 96 valence electrons. The Morgan fingerprint density at radius 2 is 1.94 bits per heavy atom. The minimum absolute atomic E-state index is 0.603. The Labute approximate surface area is 114 Å². The van der Waals surface area contributed by atoms with Gasteiger partial charge in [0, 0.05) is 37.6 Å². The first-order chi connectivity index (χ1) is 7.95. The molecule has 1 aliphatic rings. The lowest BCUT2D eigenvalue weighted by molar-refractivity contribution is 0.183. The molecule has 1 aromatic heterocycles. The van der Waals surface area contributed by atoms with Gasteiger partial charge in [0.2, 0.25) is 10.0 Å². The fourth-order valence-electron chi connectivity index (χ4n) is 1.88. The van der Waals surface area contributed by atoms with Gasteiger partial charge in [-0.1, -0.05) is 0 Å². The summed E-state index contributed by atoms with van der Waals surface area (Å²) in [4.78, 5) is 3.60. The Balaban J connectivity index is 1.87. The molecule has 0 radical (unpaired) electrons. The van der Waals surface area contributed by atoms with Crippen molar-refractivity contribution in [3.63, 3.8) is 0 Å². The quantitative estimate of drug-likeness (QED) is 0.840. The highest BCUT2D eigenvalue weighted by Crippen LogP contribution is 2.23. The van der Waals surface area contributed by atoms with Crippen molar-refractivity contribution in [3.8, 4) is 0 Å². The van der Waals surface area contributed by atoms with Crippen molar-refractivity contribution in [2.75, 3.05) is 32.4 Å². The van der Waals surface area contributed by atoms with Crippen molar-refractivity contribution in [1.82, 2.24) is 9.21 Å². The number of thiophene rings is 1. The number of hydrogen-bond donors (Lipinski definition) is 0. The number of rotatable bonds is 3. The van der Waals surface area contributed by atoms with E-state index in [0.717, 1.165) is 23.4 Å². The van der Waals surface area contributed by atoms with Gasteiger partial charge in [-0.25, -0.2) is 8.42 Å². The Morgan fingerprint density at radius 3 is 2.41 bits per heavy atom. The summed E-state index contributed by atoms with van der Waals surface area (Å²) in [6, 6.07) is 4.16. The minimum Gasteiger partial charge on any atom is -0.296 e. The number of hydrogen-bond acceptors (Lipinski definition) is 4. The molecule has 0 aromatic carbocycles. The molecule has 0 amide bonds. The predicted molar refractivity (Wildman–Crippen MR) is 73.7 cm³/mol. The van der Waals surface area contributed by atoms with Crippen LogP contribution >= 0.6 is 27.3 Å². The lowest BCUT2D eigenvalue weighted by Crippen LogP contribution is -2.47. The molecule has 2 rings (SSSR count). The van der Waals surface area contributed by atoms with E-state index in [0.29, 0.717) is 13.1 Å². The summed E-state index contributed by atoms with van der Waals surface area (Å²) in [5.74, 6) is 0. The third kappa shape index (κ3) is 3.75. The Kier molecular flexibility index (Phi) is 4.25. The van der Waals surface area contributed by atoms with Crippen LogP contribution < -0.4 is 0 Å². The lowest BCUT2D eigenvalue weighted by atomic mass is 10.3. The summed E-state index contributed by atoms with van der Waals surface area (Å²) in [7, 11) is -3.02. The maximum Gasteiger partial charge on any atom is 0.211 e. The van der Waals surface area contributed by atoms with Gasteiger partial charge in [0.25, 0.3) is 0 Å².